The van der Waals surface area contributed by atoms with Crippen molar-refractivity contribution in [1.29, 1.82) is 0 Å². The molecule has 0 aliphatic heterocycles. The summed E-state index contributed by atoms with van der Waals surface area (Å²) in [6.45, 7) is 2.96. The number of carbonyl (C=O) groups excluding carboxylic acids is 1. The average molecular weight is 204 g/mol. The Bertz CT molecular complexity index is 162. The number of carbonyl (C=O) groups is 1. The molecule has 84 valence electrons. The first kappa shape index (κ1) is 13.4. The van der Waals surface area contributed by atoms with E-state index in [1.807, 2.05) is 11.9 Å². The molecule has 0 spiro atoms. The first-order valence-electron chi connectivity index (χ1n) is 4.80. The van der Waals surface area contributed by atoms with Crippen molar-refractivity contribution in [2.45, 2.75) is 19.4 Å². The van der Waals surface area contributed by atoms with E-state index >= 15 is 0 Å². The van der Waals surface area contributed by atoms with Gasteiger partial charge in [0, 0.05) is 13.1 Å². The van der Waals surface area contributed by atoms with E-state index in [0.29, 0.717) is 26.1 Å². The first-order valence-corrected chi connectivity index (χ1v) is 4.80. The maximum absolute atomic E-state index is 11.1. The van der Waals surface area contributed by atoms with Crippen LogP contribution in [0.25, 0.3) is 0 Å². The number of amides is 1. The molecule has 0 fully saturated rings. The van der Waals surface area contributed by atoms with Crippen molar-refractivity contribution < 1.29 is 15.0 Å². The summed E-state index contributed by atoms with van der Waals surface area (Å²) in [6.07, 6.45) is 0.321. The van der Waals surface area contributed by atoms with Crippen molar-refractivity contribution in [2.75, 3.05) is 33.3 Å². The minimum atomic E-state index is -0.335. The van der Waals surface area contributed by atoms with Gasteiger partial charge in [0.25, 0.3) is 0 Å². The minimum absolute atomic E-state index is 0.0386. The zero-order chi connectivity index (χ0) is 11.0. The van der Waals surface area contributed by atoms with Crippen LogP contribution in [0.2, 0.25) is 0 Å². The van der Waals surface area contributed by atoms with Crippen LogP contribution in [0.4, 0.5) is 0 Å². The van der Waals surface area contributed by atoms with E-state index in [-0.39, 0.29) is 18.6 Å². The van der Waals surface area contributed by atoms with Crippen LogP contribution in [-0.2, 0) is 4.79 Å². The second kappa shape index (κ2) is 7.73. The van der Waals surface area contributed by atoms with Crippen molar-refractivity contribution in [1.82, 2.24) is 10.2 Å². The molecule has 5 heteroatoms. The predicted octanol–water partition coefficient (Wildman–Crippen LogP) is -1.20. The molecule has 0 saturated heterocycles. The molecule has 1 unspecified atom stereocenters. The van der Waals surface area contributed by atoms with Gasteiger partial charge in [0.05, 0.1) is 19.3 Å². The van der Waals surface area contributed by atoms with Crippen molar-refractivity contribution in [3.8, 4) is 0 Å². The van der Waals surface area contributed by atoms with Crippen LogP contribution in [-0.4, -0.2) is 60.4 Å². The van der Waals surface area contributed by atoms with Crippen LogP contribution in [0.3, 0.4) is 0 Å². The van der Waals surface area contributed by atoms with Gasteiger partial charge in [-0.1, -0.05) is 0 Å². The van der Waals surface area contributed by atoms with Crippen LogP contribution in [0, 0.1) is 0 Å². The Labute approximate surface area is 84.7 Å². The van der Waals surface area contributed by atoms with Crippen molar-refractivity contribution in [3.05, 3.63) is 0 Å². The van der Waals surface area contributed by atoms with Gasteiger partial charge in [-0.3, -0.25) is 9.69 Å². The molecule has 0 rings (SSSR count). The molecule has 0 bridgehead atoms. The second-order valence-electron chi connectivity index (χ2n) is 3.45. The highest BCUT2D eigenvalue weighted by molar-refractivity contribution is 5.77. The predicted molar refractivity (Wildman–Crippen MR) is 53.9 cm³/mol. The summed E-state index contributed by atoms with van der Waals surface area (Å²) in [7, 11) is 1.82. The third kappa shape index (κ3) is 7.97. The van der Waals surface area contributed by atoms with Crippen molar-refractivity contribution >= 4 is 5.91 Å². The standard InChI is InChI=1S/C9H20N2O3/c1-8(13)3-5-11(2)7-9(14)10-4-6-12/h8,12-13H,3-7H2,1-2H3,(H,10,14). The Hall–Kier alpha value is -0.650. The van der Waals surface area contributed by atoms with Gasteiger partial charge in [0.15, 0.2) is 0 Å². The smallest absolute Gasteiger partial charge is 0.234 e. The van der Waals surface area contributed by atoms with Crippen LogP contribution in [0.1, 0.15) is 13.3 Å². The summed E-state index contributed by atoms with van der Waals surface area (Å²) in [6, 6.07) is 0. The molecule has 0 aliphatic rings. The molecular weight excluding hydrogens is 184 g/mol. The van der Waals surface area contributed by atoms with Gasteiger partial charge >= 0.3 is 0 Å². The molecule has 0 aromatic carbocycles. The van der Waals surface area contributed by atoms with E-state index in [2.05, 4.69) is 5.32 Å². The largest absolute Gasteiger partial charge is 0.395 e. The highest BCUT2D eigenvalue weighted by Crippen LogP contribution is 1.92. The molecule has 0 aliphatic carbocycles. The molecule has 0 radical (unpaired) electrons. The number of hydrogen-bond acceptors (Lipinski definition) is 4. The van der Waals surface area contributed by atoms with E-state index in [0.717, 1.165) is 0 Å². The van der Waals surface area contributed by atoms with Gasteiger partial charge in [-0.2, -0.15) is 0 Å². The van der Waals surface area contributed by atoms with Gasteiger partial charge in [-0.15, -0.1) is 0 Å². The van der Waals surface area contributed by atoms with Gasteiger partial charge in [0.1, 0.15) is 0 Å². The zero-order valence-electron chi connectivity index (χ0n) is 8.86. The second-order valence-corrected chi connectivity index (χ2v) is 3.45. The van der Waals surface area contributed by atoms with Crippen LogP contribution < -0.4 is 5.32 Å². The number of aliphatic hydroxyl groups excluding tert-OH is 2. The van der Waals surface area contributed by atoms with E-state index in [9.17, 15) is 4.79 Å². The molecule has 0 aromatic rings. The Kier molecular flexibility index (Phi) is 7.37. The van der Waals surface area contributed by atoms with Gasteiger partial charge in [0.2, 0.25) is 5.91 Å². The highest BCUT2D eigenvalue weighted by atomic mass is 16.3. The normalized spacial score (nSPS) is 12.9. The SMILES string of the molecule is CC(O)CCN(C)CC(=O)NCCO. The third-order valence-corrected chi connectivity index (χ3v) is 1.78. The van der Waals surface area contributed by atoms with Gasteiger partial charge < -0.3 is 15.5 Å². The van der Waals surface area contributed by atoms with Gasteiger partial charge in [-0.05, 0) is 20.4 Å². The maximum atomic E-state index is 11.1. The number of rotatable bonds is 7. The molecule has 3 N–H and O–H groups in total. The van der Waals surface area contributed by atoms with Crippen LogP contribution in [0.5, 0.6) is 0 Å². The van der Waals surface area contributed by atoms with Crippen molar-refractivity contribution in [3.63, 3.8) is 0 Å². The summed E-state index contributed by atoms with van der Waals surface area (Å²) in [4.78, 5) is 13.0. The van der Waals surface area contributed by atoms with Crippen LogP contribution >= 0.6 is 0 Å². The third-order valence-electron chi connectivity index (χ3n) is 1.78. The molecule has 1 amide bonds. The summed E-state index contributed by atoms with van der Waals surface area (Å²) < 4.78 is 0. The number of hydrogen-bond donors (Lipinski definition) is 3. The summed E-state index contributed by atoms with van der Waals surface area (Å²) in [5, 5.41) is 20.0. The number of likely N-dealkylation sites (N-methyl/N-ethyl adjacent to an activating group) is 1. The number of nitrogens with one attached hydrogen (secondary N) is 1. The van der Waals surface area contributed by atoms with Crippen molar-refractivity contribution in [2.24, 2.45) is 0 Å². The Balaban J connectivity index is 3.50. The maximum Gasteiger partial charge on any atom is 0.234 e. The Morgan fingerprint density at radius 1 is 1.57 bits per heavy atom. The van der Waals surface area contributed by atoms with E-state index in [4.69, 9.17) is 10.2 Å². The summed E-state index contributed by atoms with van der Waals surface area (Å²) in [5.74, 6) is -0.104. The topological polar surface area (TPSA) is 72.8 Å². The van der Waals surface area contributed by atoms with E-state index in [1.165, 1.54) is 0 Å². The summed E-state index contributed by atoms with van der Waals surface area (Å²) in [5.41, 5.74) is 0. The fourth-order valence-corrected chi connectivity index (χ4v) is 0.983. The molecule has 0 heterocycles. The first-order chi connectivity index (χ1) is 6.56. The van der Waals surface area contributed by atoms with E-state index in [1.54, 1.807) is 6.92 Å². The lowest BCUT2D eigenvalue weighted by molar-refractivity contribution is -0.122. The number of nitrogens with zero attached hydrogens (tertiary/aromatic N) is 1. The molecule has 5 nitrogen and oxygen atoms in total. The number of aliphatic hydroxyl groups is 2. The van der Waals surface area contributed by atoms with Crippen LogP contribution in [0.15, 0.2) is 0 Å². The summed E-state index contributed by atoms with van der Waals surface area (Å²) >= 11 is 0. The molecule has 14 heavy (non-hydrogen) atoms. The molecule has 0 aromatic heterocycles. The fourth-order valence-electron chi connectivity index (χ4n) is 0.983. The minimum Gasteiger partial charge on any atom is -0.395 e. The van der Waals surface area contributed by atoms with E-state index < -0.39 is 0 Å². The monoisotopic (exact) mass is 204 g/mol. The molecule has 0 saturated carbocycles. The fraction of sp³-hybridized carbons (Fsp3) is 0.889. The lowest BCUT2D eigenvalue weighted by Gasteiger charge is -2.16. The Morgan fingerprint density at radius 2 is 2.21 bits per heavy atom. The Morgan fingerprint density at radius 3 is 2.71 bits per heavy atom. The molecular formula is C9H20N2O3. The quantitative estimate of drug-likeness (QED) is 0.487. The zero-order valence-corrected chi connectivity index (χ0v) is 8.86. The molecule has 1 atom stereocenters. The van der Waals surface area contributed by atoms with Gasteiger partial charge in [-0.25, -0.2) is 0 Å². The average Bonchev–Trinajstić information content (AvgIpc) is 2.11. The lowest BCUT2D eigenvalue weighted by atomic mass is 10.3. The lowest BCUT2D eigenvalue weighted by Crippen LogP contribution is -2.37. The highest BCUT2D eigenvalue weighted by Gasteiger charge is 2.06.